The standard InChI is InChI=1S/C15H21NO3.C9H10.C3H8.C2H6/c1-15(2,18)16-14(17)12(9-13-10-19-13)8-11-6-4-3-5-7-11;1-2-5-9-7-3-6-8(9)4-1;1-3-2;1-2/h3-7,12-13,18H,8-10H2,1-2H3,(H,16,17);1-2,4-5H,3,6-7H2;3H2,1-2H3;1-2H3. The molecule has 1 amide bonds. The number of fused-ring (bicyclic) bond motifs is 1. The number of aliphatic hydroxyl groups is 1. The van der Waals surface area contributed by atoms with Crippen LogP contribution in [0.1, 0.15) is 77.5 Å². The van der Waals surface area contributed by atoms with Crippen LogP contribution in [0.5, 0.6) is 0 Å². The van der Waals surface area contributed by atoms with Gasteiger partial charge in [-0.3, -0.25) is 4.79 Å². The van der Waals surface area contributed by atoms with Crippen LogP contribution in [0, 0.1) is 5.92 Å². The normalized spacial score (nSPS) is 16.4. The largest absolute Gasteiger partial charge is 0.373 e. The molecule has 0 saturated carbocycles. The number of aryl methyl sites for hydroxylation is 2. The van der Waals surface area contributed by atoms with E-state index in [1.807, 2.05) is 44.2 Å². The van der Waals surface area contributed by atoms with E-state index in [2.05, 4.69) is 43.4 Å². The smallest absolute Gasteiger partial charge is 0.225 e. The molecule has 0 spiro atoms. The number of nitrogens with one attached hydrogen (secondary N) is 1. The van der Waals surface area contributed by atoms with Gasteiger partial charge in [-0.15, -0.1) is 0 Å². The van der Waals surface area contributed by atoms with E-state index in [0.717, 1.165) is 12.2 Å². The van der Waals surface area contributed by atoms with Gasteiger partial charge in [0.15, 0.2) is 0 Å². The van der Waals surface area contributed by atoms with Crippen LogP contribution in [0.3, 0.4) is 0 Å². The number of epoxide rings is 1. The first kappa shape index (κ1) is 28.9. The molecule has 2 aliphatic rings. The van der Waals surface area contributed by atoms with Gasteiger partial charge in [0.2, 0.25) is 5.91 Å². The number of carbonyl (C=O) groups is 1. The van der Waals surface area contributed by atoms with Crippen LogP contribution in [-0.2, 0) is 28.8 Å². The summed E-state index contributed by atoms with van der Waals surface area (Å²) in [5.74, 6) is -0.284. The second-order valence-corrected chi connectivity index (χ2v) is 8.96. The molecule has 1 aliphatic carbocycles. The van der Waals surface area contributed by atoms with Gasteiger partial charge in [-0.2, -0.15) is 0 Å². The van der Waals surface area contributed by atoms with Crippen molar-refractivity contribution in [3.8, 4) is 0 Å². The fraction of sp³-hybridized carbons (Fsp3) is 0.552. The zero-order valence-electron chi connectivity index (χ0n) is 21.6. The summed E-state index contributed by atoms with van der Waals surface area (Å²) >= 11 is 0. The highest BCUT2D eigenvalue weighted by Gasteiger charge is 2.32. The van der Waals surface area contributed by atoms with Gasteiger partial charge in [-0.05, 0) is 62.6 Å². The zero-order chi connectivity index (χ0) is 24.7. The van der Waals surface area contributed by atoms with E-state index in [1.165, 1.54) is 25.7 Å². The topological polar surface area (TPSA) is 61.9 Å². The molecule has 2 atom stereocenters. The van der Waals surface area contributed by atoms with E-state index < -0.39 is 5.72 Å². The van der Waals surface area contributed by atoms with Gasteiger partial charge in [0, 0.05) is 5.92 Å². The molecule has 184 valence electrons. The highest BCUT2D eigenvalue weighted by Crippen LogP contribution is 2.23. The first-order valence-electron chi connectivity index (χ1n) is 12.6. The van der Waals surface area contributed by atoms with Crippen molar-refractivity contribution < 1.29 is 14.6 Å². The molecule has 0 aromatic heterocycles. The Morgan fingerprint density at radius 1 is 1.03 bits per heavy atom. The lowest BCUT2D eigenvalue weighted by Crippen LogP contribution is -2.46. The SMILES string of the molecule is CC.CC(C)(O)NC(=O)C(Cc1ccccc1)CC1CO1.CCC.c1ccc2c(c1)CCC2. The molecule has 2 unspecified atom stereocenters. The summed E-state index contributed by atoms with van der Waals surface area (Å²) < 4.78 is 5.21. The molecule has 4 heteroatoms. The fourth-order valence-electron chi connectivity index (χ4n) is 3.62. The predicted octanol–water partition coefficient (Wildman–Crippen LogP) is 6.10. The molecular weight excluding hydrogens is 410 g/mol. The van der Waals surface area contributed by atoms with Gasteiger partial charge in [0.25, 0.3) is 0 Å². The second kappa shape index (κ2) is 15.6. The molecule has 1 saturated heterocycles. The molecule has 2 N–H and O–H groups in total. The van der Waals surface area contributed by atoms with Crippen molar-refractivity contribution in [3.63, 3.8) is 0 Å². The van der Waals surface area contributed by atoms with Crippen LogP contribution in [0.2, 0.25) is 0 Å². The summed E-state index contributed by atoms with van der Waals surface area (Å²) in [6.07, 6.45) is 6.78. The molecular formula is C29H45NO3. The highest BCUT2D eigenvalue weighted by molar-refractivity contribution is 5.79. The van der Waals surface area contributed by atoms with Gasteiger partial charge in [-0.25, -0.2) is 0 Å². The van der Waals surface area contributed by atoms with Gasteiger partial charge in [0.05, 0.1) is 12.7 Å². The van der Waals surface area contributed by atoms with E-state index >= 15 is 0 Å². The Balaban J connectivity index is 0.000000321. The van der Waals surface area contributed by atoms with Crippen LogP contribution in [0.4, 0.5) is 0 Å². The maximum Gasteiger partial charge on any atom is 0.225 e. The second-order valence-electron chi connectivity index (χ2n) is 8.96. The summed E-state index contributed by atoms with van der Waals surface area (Å²) in [6, 6.07) is 18.6. The minimum absolute atomic E-state index is 0.119. The molecule has 1 fully saturated rings. The number of ether oxygens (including phenoxy) is 1. The number of carbonyl (C=O) groups excluding carboxylic acids is 1. The first-order valence-corrected chi connectivity index (χ1v) is 12.6. The minimum Gasteiger partial charge on any atom is -0.373 e. The molecule has 1 heterocycles. The van der Waals surface area contributed by atoms with Crippen LogP contribution < -0.4 is 5.32 Å². The summed E-state index contributed by atoms with van der Waals surface area (Å²) in [6.45, 7) is 12.1. The lowest BCUT2D eigenvalue weighted by Gasteiger charge is -2.23. The average Bonchev–Trinajstić information content (AvgIpc) is 3.48. The highest BCUT2D eigenvalue weighted by atomic mass is 16.6. The van der Waals surface area contributed by atoms with E-state index in [1.54, 1.807) is 25.0 Å². The summed E-state index contributed by atoms with van der Waals surface area (Å²) in [4.78, 5) is 12.2. The number of hydrogen-bond donors (Lipinski definition) is 2. The molecule has 33 heavy (non-hydrogen) atoms. The van der Waals surface area contributed by atoms with Crippen LogP contribution in [0.15, 0.2) is 54.6 Å². The predicted molar refractivity (Wildman–Crippen MR) is 138 cm³/mol. The average molecular weight is 456 g/mol. The Labute approximate surface area is 201 Å². The van der Waals surface area contributed by atoms with Crippen molar-refractivity contribution >= 4 is 5.91 Å². The van der Waals surface area contributed by atoms with Crippen molar-refractivity contribution in [2.45, 2.75) is 91.9 Å². The lowest BCUT2D eigenvalue weighted by molar-refractivity contribution is -0.131. The Morgan fingerprint density at radius 3 is 1.97 bits per heavy atom. The molecule has 0 bridgehead atoms. The molecule has 4 nitrogen and oxygen atoms in total. The quantitative estimate of drug-likeness (QED) is 0.409. The molecule has 2 aromatic carbocycles. The van der Waals surface area contributed by atoms with Crippen LogP contribution >= 0.6 is 0 Å². The number of benzene rings is 2. The van der Waals surface area contributed by atoms with E-state index in [0.29, 0.717) is 12.8 Å². The third-order valence-corrected chi connectivity index (χ3v) is 5.09. The summed E-state index contributed by atoms with van der Waals surface area (Å²) in [7, 11) is 0. The van der Waals surface area contributed by atoms with E-state index in [9.17, 15) is 9.90 Å². The Morgan fingerprint density at radius 2 is 1.52 bits per heavy atom. The third-order valence-electron chi connectivity index (χ3n) is 5.09. The first-order chi connectivity index (χ1) is 15.8. The molecule has 0 radical (unpaired) electrons. The van der Waals surface area contributed by atoms with Crippen molar-refractivity contribution in [3.05, 3.63) is 71.3 Å². The van der Waals surface area contributed by atoms with Crippen molar-refractivity contribution in [2.24, 2.45) is 5.92 Å². The third kappa shape index (κ3) is 12.6. The molecule has 4 rings (SSSR count). The number of rotatable bonds is 6. The maximum atomic E-state index is 12.2. The summed E-state index contributed by atoms with van der Waals surface area (Å²) in [5, 5.41) is 12.3. The Bertz CT molecular complexity index is 756. The van der Waals surface area contributed by atoms with Crippen molar-refractivity contribution in [1.29, 1.82) is 0 Å². The fourth-order valence-corrected chi connectivity index (χ4v) is 3.62. The van der Waals surface area contributed by atoms with Gasteiger partial charge in [0.1, 0.15) is 5.72 Å². The number of hydrogen-bond acceptors (Lipinski definition) is 3. The minimum atomic E-state index is -1.18. The van der Waals surface area contributed by atoms with Gasteiger partial charge in [-0.1, -0.05) is 88.7 Å². The van der Waals surface area contributed by atoms with Crippen molar-refractivity contribution in [1.82, 2.24) is 5.32 Å². The van der Waals surface area contributed by atoms with Gasteiger partial charge >= 0.3 is 0 Å². The lowest BCUT2D eigenvalue weighted by atomic mass is 9.93. The van der Waals surface area contributed by atoms with E-state index in [-0.39, 0.29) is 17.9 Å². The summed E-state index contributed by atoms with van der Waals surface area (Å²) in [5.41, 5.74) is 3.07. The van der Waals surface area contributed by atoms with Crippen LogP contribution in [0.25, 0.3) is 0 Å². The van der Waals surface area contributed by atoms with E-state index in [4.69, 9.17) is 4.74 Å². The Hall–Kier alpha value is -2.17. The van der Waals surface area contributed by atoms with Crippen molar-refractivity contribution in [2.75, 3.05) is 6.61 Å². The molecule has 1 aliphatic heterocycles. The van der Waals surface area contributed by atoms with Crippen LogP contribution in [-0.4, -0.2) is 29.4 Å². The molecule has 2 aromatic rings. The van der Waals surface area contributed by atoms with Gasteiger partial charge < -0.3 is 15.2 Å². The zero-order valence-corrected chi connectivity index (χ0v) is 21.6. The Kier molecular flexibility index (Phi) is 13.7. The maximum absolute atomic E-state index is 12.2. The number of amides is 1. The monoisotopic (exact) mass is 455 g/mol.